The second kappa shape index (κ2) is 6.33. The molecule has 0 saturated carbocycles. The molecular formula is C14H19N5O. The Morgan fingerprint density at radius 2 is 2.05 bits per heavy atom. The summed E-state index contributed by atoms with van der Waals surface area (Å²) in [6.07, 6.45) is 1.49. The van der Waals surface area contributed by atoms with E-state index in [0.29, 0.717) is 44.2 Å². The van der Waals surface area contributed by atoms with Crippen LogP contribution in [0.2, 0.25) is 0 Å². The molecule has 106 valence electrons. The van der Waals surface area contributed by atoms with E-state index in [4.69, 9.17) is 5.26 Å². The normalized spacial score (nSPS) is 15.1. The number of aromatic nitrogens is 2. The van der Waals surface area contributed by atoms with Gasteiger partial charge in [0, 0.05) is 38.3 Å². The maximum atomic E-state index is 11.8. The minimum atomic E-state index is 0.218. The third-order valence-electron chi connectivity index (χ3n) is 3.34. The third kappa shape index (κ3) is 3.23. The number of carbonyl (C=O) groups is 1. The van der Waals surface area contributed by atoms with Gasteiger partial charge in [-0.25, -0.2) is 9.97 Å². The molecule has 1 aromatic rings. The molecule has 1 fully saturated rings. The van der Waals surface area contributed by atoms with Crippen molar-refractivity contribution in [2.24, 2.45) is 0 Å². The summed E-state index contributed by atoms with van der Waals surface area (Å²) >= 11 is 0. The Kier molecular flexibility index (Phi) is 4.51. The molecule has 0 aliphatic carbocycles. The molecule has 0 radical (unpaired) electrons. The van der Waals surface area contributed by atoms with Crippen molar-refractivity contribution in [3.05, 3.63) is 17.5 Å². The van der Waals surface area contributed by atoms with Crippen LogP contribution in [0.3, 0.4) is 0 Å². The molecule has 20 heavy (non-hydrogen) atoms. The fourth-order valence-electron chi connectivity index (χ4n) is 2.28. The summed E-state index contributed by atoms with van der Waals surface area (Å²) in [5.41, 5.74) is 1.17. The van der Waals surface area contributed by atoms with Gasteiger partial charge in [0.05, 0.1) is 0 Å². The van der Waals surface area contributed by atoms with Gasteiger partial charge in [0.2, 0.25) is 11.9 Å². The van der Waals surface area contributed by atoms with E-state index in [2.05, 4.69) is 9.97 Å². The number of aryl methyl sites for hydroxylation is 1. The number of hydrogen-bond acceptors (Lipinski definition) is 5. The molecule has 1 aliphatic heterocycles. The van der Waals surface area contributed by atoms with Crippen LogP contribution in [0.25, 0.3) is 0 Å². The molecule has 6 nitrogen and oxygen atoms in total. The average Bonchev–Trinajstić information content (AvgIpc) is 2.47. The van der Waals surface area contributed by atoms with Crippen molar-refractivity contribution >= 4 is 11.9 Å². The van der Waals surface area contributed by atoms with Gasteiger partial charge in [-0.2, -0.15) is 5.26 Å². The Balaban J connectivity index is 2.02. The van der Waals surface area contributed by atoms with Crippen molar-refractivity contribution in [2.45, 2.75) is 26.7 Å². The van der Waals surface area contributed by atoms with Crippen molar-refractivity contribution in [1.82, 2.24) is 14.9 Å². The van der Waals surface area contributed by atoms with Gasteiger partial charge in [0.25, 0.3) is 0 Å². The van der Waals surface area contributed by atoms with Crippen LogP contribution in [0.4, 0.5) is 5.95 Å². The van der Waals surface area contributed by atoms with Gasteiger partial charge in [-0.1, -0.05) is 6.92 Å². The summed E-state index contributed by atoms with van der Waals surface area (Å²) in [5.74, 6) is 0.805. The summed E-state index contributed by atoms with van der Waals surface area (Å²) in [4.78, 5) is 24.4. The zero-order valence-electron chi connectivity index (χ0n) is 12.0. The number of amides is 1. The quantitative estimate of drug-likeness (QED) is 0.824. The maximum absolute atomic E-state index is 11.8. The monoisotopic (exact) mass is 273 g/mol. The van der Waals surface area contributed by atoms with E-state index < -0.39 is 0 Å². The molecule has 2 heterocycles. The van der Waals surface area contributed by atoms with Crippen molar-refractivity contribution in [3.63, 3.8) is 0 Å². The van der Waals surface area contributed by atoms with Crippen molar-refractivity contribution in [1.29, 1.82) is 5.26 Å². The smallest absolute Gasteiger partial charge is 0.226 e. The highest BCUT2D eigenvalue weighted by Gasteiger charge is 2.22. The SMILES string of the molecule is CCCC(=O)N1CCN(c2nc(C)cc(C#N)n2)CC1. The molecule has 1 amide bonds. The minimum Gasteiger partial charge on any atom is -0.339 e. The molecule has 1 aliphatic rings. The molecule has 2 rings (SSSR count). The number of anilines is 1. The lowest BCUT2D eigenvalue weighted by Crippen LogP contribution is -2.49. The zero-order chi connectivity index (χ0) is 14.5. The second-order valence-corrected chi connectivity index (χ2v) is 4.92. The fourth-order valence-corrected chi connectivity index (χ4v) is 2.28. The summed E-state index contributed by atoms with van der Waals surface area (Å²) in [7, 11) is 0. The first-order valence-corrected chi connectivity index (χ1v) is 6.92. The minimum absolute atomic E-state index is 0.218. The number of nitriles is 1. The lowest BCUT2D eigenvalue weighted by molar-refractivity contribution is -0.131. The molecular weight excluding hydrogens is 254 g/mol. The molecule has 0 atom stereocenters. The largest absolute Gasteiger partial charge is 0.339 e. The van der Waals surface area contributed by atoms with Crippen LogP contribution in [0.5, 0.6) is 0 Å². The van der Waals surface area contributed by atoms with Crippen LogP contribution in [0.15, 0.2) is 6.07 Å². The fraction of sp³-hybridized carbons (Fsp3) is 0.571. The van der Waals surface area contributed by atoms with E-state index in [0.717, 1.165) is 12.1 Å². The van der Waals surface area contributed by atoms with E-state index in [1.165, 1.54) is 0 Å². The summed E-state index contributed by atoms with van der Waals surface area (Å²) in [6, 6.07) is 3.72. The van der Waals surface area contributed by atoms with Crippen LogP contribution in [-0.2, 0) is 4.79 Å². The summed E-state index contributed by atoms with van der Waals surface area (Å²) in [5, 5.41) is 8.95. The highest BCUT2D eigenvalue weighted by Crippen LogP contribution is 2.13. The van der Waals surface area contributed by atoms with Crippen LogP contribution < -0.4 is 4.90 Å². The first kappa shape index (κ1) is 14.3. The zero-order valence-corrected chi connectivity index (χ0v) is 12.0. The first-order valence-electron chi connectivity index (χ1n) is 6.92. The molecule has 1 saturated heterocycles. The number of hydrogen-bond donors (Lipinski definition) is 0. The Hall–Kier alpha value is -2.16. The van der Waals surface area contributed by atoms with Crippen LogP contribution in [0.1, 0.15) is 31.2 Å². The van der Waals surface area contributed by atoms with Gasteiger partial charge in [0.15, 0.2) is 0 Å². The number of rotatable bonds is 3. The third-order valence-corrected chi connectivity index (χ3v) is 3.34. The van der Waals surface area contributed by atoms with Gasteiger partial charge >= 0.3 is 0 Å². The predicted octanol–water partition coefficient (Wildman–Crippen LogP) is 1.11. The second-order valence-electron chi connectivity index (χ2n) is 4.92. The standard InChI is InChI=1S/C14H19N5O/c1-3-4-13(20)18-5-7-19(8-6-18)14-16-11(2)9-12(10-15)17-14/h9H,3-8H2,1-2H3. The van der Waals surface area contributed by atoms with E-state index in [-0.39, 0.29) is 5.91 Å². The molecule has 0 bridgehead atoms. The summed E-state index contributed by atoms with van der Waals surface area (Å²) in [6.45, 7) is 6.68. The topological polar surface area (TPSA) is 73.1 Å². The Morgan fingerprint density at radius 1 is 1.35 bits per heavy atom. The van der Waals surface area contributed by atoms with Gasteiger partial charge in [-0.3, -0.25) is 4.79 Å². The van der Waals surface area contributed by atoms with Crippen LogP contribution in [0, 0.1) is 18.3 Å². The van der Waals surface area contributed by atoms with Crippen molar-refractivity contribution < 1.29 is 4.79 Å². The van der Waals surface area contributed by atoms with E-state index in [1.54, 1.807) is 6.07 Å². The Morgan fingerprint density at radius 3 is 2.65 bits per heavy atom. The highest BCUT2D eigenvalue weighted by atomic mass is 16.2. The van der Waals surface area contributed by atoms with Crippen molar-refractivity contribution in [3.8, 4) is 6.07 Å². The molecule has 0 aromatic carbocycles. The maximum Gasteiger partial charge on any atom is 0.226 e. The van der Waals surface area contributed by atoms with Crippen LogP contribution >= 0.6 is 0 Å². The highest BCUT2D eigenvalue weighted by molar-refractivity contribution is 5.76. The van der Waals surface area contributed by atoms with Gasteiger partial charge in [0.1, 0.15) is 11.8 Å². The summed E-state index contributed by atoms with van der Waals surface area (Å²) < 4.78 is 0. The van der Waals surface area contributed by atoms with Crippen LogP contribution in [-0.4, -0.2) is 47.0 Å². The predicted molar refractivity (Wildman–Crippen MR) is 75.2 cm³/mol. The van der Waals surface area contributed by atoms with Crippen molar-refractivity contribution in [2.75, 3.05) is 31.1 Å². The molecule has 6 heteroatoms. The lowest BCUT2D eigenvalue weighted by Gasteiger charge is -2.34. The molecule has 0 spiro atoms. The number of piperazine rings is 1. The Bertz CT molecular complexity index is 529. The van der Waals surface area contributed by atoms with Gasteiger partial charge in [-0.05, 0) is 19.4 Å². The van der Waals surface area contributed by atoms with E-state index in [1.807, 2.05) is 29.7 Å². The molecule has 0 unspecified atom stereocenters. The molecule has 1 aromatic heterocycles. The number of nitrogens with zero attached hydrogens (tertiary/aromatic N) is 5. The van der Waals surface area contributed by atoms with E-state index >= 15 is 0 Å². The van der Waals surface area contributed by atoms with Gasteiger partial charge in [-0.15, -0.1) is 0 Å². The van der Waals surface area contributed by atoms with Gasteiger partial charge < -0.3 is 9.80 Å². The Labute approximate surface area is 119 Å². The van der Waals surface area contributed by atoms with E-state index in [9.17, 15) is 4.79 Å². The average molecular weight is 273 g/mol. The first-order chi connectivity index (χ1) is 9.63. The lowest BCUT2D eigenvalue weighted by atomic mass is 10.2. The molecule has 0 N–H and O–H groups in total. The number of carbonyl (C=O) groups excluding carboxylic acids is 1.